The molecule has 2 rings (SSSR count). The lowest BCUT2D eigenvalue weighted by Gasteiger charge is -2.22. The van der Waals surface area contributed by atoms with Crippen LogP contribution in [0.25, 0.3) is 0 Å². The van der Waals surface area contributed by atoms with Crippen molar-refractivity contribution in [2.75, 3.05) is 13.7 Å². The maximum absolute atomic E-state index is 13.5. The molecule has 1 N–H and O–H groups in total. The highest BCUT2D eigenvalue weighted by Gasteiger charge is 2.18. The van der Waals surface area contributed by atoms with Crippen molar-refractivity contribution in [2.24, 2.45) is 0 Å². The molecule has 1 aromatic heterocycles. The van der Waals surface area contributed by atoms with Crippen LogP contribution in [0.3, 0.4) is 0 Å². The average molecular weight is 288 g/mol. The fraction of sp³-hybridized carbons (Fsp3) is 0.353. The second kappa shape index (κ2) is 7.18. The van der Waals surface area contributed by atoms with Crippen LogP contribution in [-0.4, -0.2) is 18.6 Å². The van der Waals surface area contributed by atoms with Crippen LogP contribution in [0.2, 0.25) is 0 Å². The topological polar surface area (TPSA) is 34.2 Å². The van der Waals surface area contributed by atoms with Gasteiger partial charge in [-0.05, 0) is 43.1 Å². The number of aryl methyl sites for hydroxylation is 1. The molecule has 4 heteroatoms. The van der Waals surface area contributed by atoms with Crippen molar-refractivity contribution < 1.29 is 9.13 Å². The molecule has 0 spiro atoms. The molecule has 0 bridgehead atoms. The molecular formula is C17H21FN2O. The van der Waals surface area contributed by atoms with Gasteiger partial charge in [-0.25, -0.2) is 4.39 Å². The van der Waals surface area contributed by atoms with E-state index >= 15 is 0 Å². The molecule has 1 unspecified atom stereocenters. The van der Waals surface area contributed by atoms with Gasteiger partial charge in [-0.1, -0.05) is 19.1 Å². The number of benzene rings is 1. The fourth-order valence-corrected chi connectivity index (χ4v) is 2.34. The summed E-state index contributed by atoms with van der Waals surface area (Å²) < 4.78 is 18.9. The summed E-state index contributed by atoms with van der Waals surface area (Å²) in [5, 5.41) is 3.49. The monoisotopic (exact) mass is 288 g/mol. The lowest BCUT2D eigenvalue weighted by Crippen LogP contribution is -2.24. The molecule has 1 heterocycles. The number of rotatable bonds is 6. The van der Waals surface area contributed by atoms with E-state index in [0.717, 1.165) is 29.8 Å². The molecule has 0 fully saturated rings. The minimum Gasteiger partial charge on any atom is -0.495 e. The van der Waals surface area contributed by atoms with Crippen LogP contribution >= 0.6 is 0 Å². The SMILES string of the molecule is CCCNC(c1ccc(F)c(C)c1)c1ccncc1OC. The molecule has 0 amide bonds. The zero-order valence-electron chi connectivity index (χ0n) is 12.7. The normalized spacial score (nSPS) is 12.2. The first kappa shape index (κ1) is 15.4. The smallest absolute Gasteiger partial charge is 0.142 e. The molecule has 2 aromatic rings. The predicted octanol–water partition coefficient (Wildman–Crippen LogP) is 3.63. The van der Waals surface area contributed by atoms with E-state index in [-0.39, 0.29) is 11.9 Å². The van der Waals surface area contributed by atoms with Gasteiger partial charge in [0.25, 0.3) is 0 Å². The quantitative estimate of drug-likeness (QED) is 0.881. The van der Waals surface area contributed by atoms with Crippen molar-refractivity contribution in [3.63, 3.8) is 0 Å². The van der Waals surface area contributed by atoms with Crippen LogP contribution in [0.15, 0.2) is 36.7 Å². The van der Waals surface area contributed by atoms with Crippen LogP contribution in [0.4, 0.5) is 4.39 Å². The first-order valence-electron chi connectivity index (χ1n) is 7.14. The van der Waals surface area contributed by atoms with Gasteiger partial charge in [-0.15, -0.1) is 0 Å². The number of aromatic nitrogens is 1. The molecule has 0 aliphatic rings. The summed E-state index contributed by atoms with van der Waals surface area (Å²) in [5.41, 5.74) is 2.67. The van der Waals surface area contributed by atoms with Crippen molar-refractivity contribution in [3.8, 4) is 5.75 Å². The molecular weight excluding hydrogens is 267 g/mol. The number of hydrogen-bond donors (Lipinski definition) is 1. The second-order valence-electron chi connectivity index (χ2n) is 5.01. The van der Waals surface area contributed by atoms with Crippen molar-refractivity contribution >= 4 is 0 Å². The molecule has 1 atom stereocenters. The minimum atomic E-state index is -0.185. The lowest BCUT2D eigenvalue weighted by molar-refractivity contribution is 0.401. The Hall–Kier alpha value is -1.94. The maximum atomic E-state index is 13.5. The fourth-order valence-electron chi connectivity index (χ4n) is 2.34. The molecule has 3 nitrogen and oxygen atoms in total. The third-order valence-corrected chi connectivity index (χ3v) is 3.46. The number of nitrogens with zero attached hydrogens (tertiary/aromatic N) is 1. The van der Waals surface area contributed by atoms with E-state index < -0.39 is 0 Å². The number of nitrogens with one attached hydrogen (secondary N) is 1. The van der Waals surface area contributed by atoms with Crippen LogP contribution in [-0.2, 0) is 0 Å². The predicted molar refractivity (Wildman–Crippen MR) is 82.1 cm³/mol. The summed E-state index contributed by atoms with van der Waals surface area (Å²) in [6.07, 6.45) is 4.46. The third kappa shape index (κ3) is 3.58. The van der Waals surface area contributed by atoms with E-state index in [1.807, 2.05) is 18.2 Å². The zero-order valence-corrected chi connectivity index (χ0v) is 12.7. The van der Waals surface area contributed by atoms with Crippen molar-refractivity contribution in [3.05, 3.63) is 59.2 Å². The zero-order chi connectivity index (χ0) is 15.2. The molecule has 0 radical (unpaired) electrons. The molecule has 0 saturated heterocycles. The van der Waals surface area contributed by atoms with Crippen LogP contribution < -0.4 is 10.1 Å². The first-order chi connectivity index (χ1) is 10.2. The number of hydrogen-bond acceptors (Lipinski definition) is 3. The Kier molecular flexibility index (Phi) is 5.28. The Labute approximate surface area is 125 Å². The van der Waals surface area contributed by atoms with Gasteiger partial charge in [0.1, 0.15) is 11.6 Å². The number of halogens is 1. The second-order valence-corrected chi connectivity index (χ2v) is 5.01. The Morgan fingerprint density at radius 2 is 2.14 bits per heavy atom. The highest BCUT2D eigenvalue weighted by Crippen LogP contribution is 2.30. The molecule has 0 aliphatic carbocycles. The van der Waals surface area contributed by atoms with Crippen LogP contribution in [0.5, 0.6) is 5.75 Å². The van der Waals surface area contributed by atoms with Crippen LogP contribution in [0, 0.1) is 12.7 Å². The summed E-state index contributed by atoms with van der Waals surface area (Å²) in [7, 11) is 1.63. The summed E-state index contributed by atoms with van der Waals surface area (Å²) in [4.78, 5) is 4.09. The highest BCUT2D eigenvalue weighted by atomic mass is 19.1. The van der Waals surface area contributed by atoms with Gasteiger partial charge in [0.05, 0.1) is 19.3 Å². The van der Waals surface area contributed by atoms with Crippen molar-refractivity contribution in [2.45, 2.75) is 26.3 Å². The summed E-state index contributed by atoms with van der Waals surface area (Å²) in [5.74, 6) is 0.544. The van der Waals surface area contributed by atoms with Gasteiger partial charge in [0, 0.05) is 11.8 Å². The average Bonchev–Trinajstić information content (AvgIpc) is 2.51. The number of ether oxygens (including phenoxy) is 1. The maximum Gasteiger partial charge on any atom is 0.142 e. The number of methoxy groups -OCH3 is 1. The molecule has 0 aliphatic heterocycles. The summed E-state index contributed by atoms with van der Waals surface area (Å²) in [6.45, 7) is 4.76. The van der Waals surface area contributed by atoms with Gasteiger partial charge in [-0.3, -0.25) is 4.98 Å². The Balaban J connectivity index is 2.44. The first-order valence-corrected chi connectivity index (χ1v) is 7.14. The number of pyridine rings is 1. The van der Waals surface area contributed by atoms with Gasteiger partial charge >= 0.3 is 0 Å². The van der Waals surface area contributed by atoms with Gasteiger partial charge in [-0.2, -0.15) is 0 Å². The molecule has 1 aromatic carbocycles. The van der Waals surface area contributed by atoms with E-state index in [1.54, 1.807) is 26.4 Å². The van der Waals surface area contributed by atoms with Crippen molar-refractivity contribution in [1.82, 2.24) is 10.3 Å². The Bertz CT molecular complexity index is 601. The van der Waals surface area contributed by atoms with E-state index in [1.165, 1.54) is 6.07 Å². The largest absolute Gasteiger partial charge is 0.495 e. The Morgan fingerprint density at radius 1 is 1.33 bits per heavy atom. The van der Waals surface area contributed by atoms with Gasteiger partial charge in [0.15, 0.2) is 0 Å². The van der Waals surface area contributed by atoms with E-state index in [0.29, 0.717) is 5.56 Å². The van der Waals surface area contributed by atoms with Gasteiger partial charge < -0.3 is 10.1 Å². The van der Waals surface area contributed by atoms with E-state index in [4.69, 9.17) is 4.74 Å². The third-order valence-electron chi connectivity index (χ3n) is 3.46. The molecule has 112 valence electrons. The molecule has 0 saturated carbocycles. The standard InChI is InChI=1S/C17H21FN2O/c1-4-8-20-17(13-5-6-15(18)12(2)10-13)14-7-9-19-11-16(14)21-3/h5-7,9-11,17,20H,4,8H2,1-3H3. The summed E-state index contributed by atoms with van der Waals surface area (Å²) >= 11 is 0. The molecule has 21 heavy (non-hydrogen) atoms. The highest BCUT2D eigenvalue weighted by molar-refractivity contribution is 5.40. The van der Waals surface area contributed by atoms with Crippen LogP contribution in [0.1, 0.15) is 36.1 Å². The minimum absolute atomic E-state index is 0.0396. The lowest BCUT2D eigenvalue weighted by atomic mass is 9.97. The van der Waals surface area contributed by atoms with E-state index in [9.17, 15) is 4.39 Å². The van der Waals surface area contributed by atoms with E-state index in [2.05, 4.69) is 17.2 Å². The van der Waals surface area contributed by atoms with Crippen molar-refractivity contribution in [1.29, 1.82) is 0 Å². The van der Waals surface area contributed by atoms with Gasteiger partial charge in [0.2, 0.25) is 0 Å². The summed E-state index contributed by atoms with van der Waals surface area (Å²) in [6, 6.07) is 7.10. The Morgan fingerprint density at radius 3 is 2.81 bits per heavy atom.